The molecule has 2 N–H and O–H groups in total. The molecule has 186 valence electrons. The largest absolute Gasteiger partial charge is 0.395 e. The van der Waals surface area contributed by atoms with Crippen LogP contribution in [0.25, 0.3) is 0 Å². The fourth-order valence-corrected chi connectivity index (χ4v) is 3.53. The standard InChI is InChI=1S/C25H41N3O5/c1-28(2,3)20-23(19-24(30)33-21-29)27-25(31)26-16-10-4-5-11-17-32-18-12-9-15-22-13-7-6-8-14-22/h6-8,13-14,21,23H,4-5,9-12,15-20H2,1-3H3,(H-,26,27,31)/p+1/t23-/m1/s1. The predicted molar refractivity (Wildman–Crippen MR) is 129 cm³/mol. The second-order valence-corrected chi connectivity index (χ2v) is 9.33. The lowest BCUT2D eigenvalue weighted by Gasteiger charge is -2.29. The molecule has 33 heavy (non-hydrogen) atoms. The van der Waals surface area contributed by atoms with Gasteiger partial charge < -0.3 is 24.6 Å². The van der Waals surface area contributed by atoms with E-state index in [1.165, 1.54) is 5.56 Å². The molecule has 1 aromatic carbocycles. The lowest BCUT2D eigenvalue weighted by molar-refractivity contribution is -0.871. The van der Waals surface area contributed by atoms with Crippen molar-refractivity contribution in [2.24, 2.45) is 0 Å². The van der Waals surface area contributed by atoms with E-state index in [0.717, 1.165) is 58.2 Å². The van der Waals surface area contributed by atoms with Crippen LogP contribution in [-0.2, 0) is 25.5 Å². The lowest BCUT2D eigenvalue weighted by Crippen LogP contribution is -2.52. The Kier molecular flexibility index (Phi) is 14.8. The quantitative estimate of drug-likeness (QED) is 0.115. The van der Waals surface area contributed by atoms with Gasteiger partial charge in [-0.1, -0.05) is 43.2 Å². The first-order valence-corrected chi connectivity index (χ1v) is 11.9. The van der Waals surface area contributed by atoms with E-state index in [0.29, 0.717) is 17.6 Å². The molecular weight excluding hydrogens is 422 g/mol. The van der Waals surface area contributed by atoms with Crippen molar-refractivity contribution in [2.45, 2.75) is 57.4 Å². The van der Waals surface area contributed by atoms with Crippen molar-refractivity contribution in [3.8, 4) is 0 Å². The van der Waals surface area contributed by atoms with E-state index in [4.69, 9.17) is 4.74 Å². The topological polar surface area (TPSA) is 93.7 Å². The first-order chi connectivity index (χ1) is 15.8. The highest BCUT2D eigenvalue weighted by Crippen LogP contribution is 2.05. The molecule has 1 atom stereocenters. The SMILES string of the molecule is C[N+](C)(C)C[C@@H](CC(=O)OC=O)NC(=O)NCCCCCCOCCCCc1ccccc1. The molecule has 0 aliphatic heterocycles. The summed E-state index contributed by atoms with van der Waals surface area (Å²) in [6.45, 7) is 2.81. The maximum atomic E-state index is 12.2. The lowest BCUT2D eigenvalue weighted by atomic mass is 10.1. The number of unbranched alkanes of at least 4 members (excludes halogenated alkanes) is 4. The van der Waals surface area contributed by atoms with Crippen LogP contribution in [0.2, 0.25) is 0 Å². The summed E-state index contributed by atoms with van der Waals surface area (Å²) in [5.74, 6) is -0.651. The van der Waals surface area contributed by atoms with Gasteiger partial charge in [0, 0.05) is 19.8 Å². The summed E-state index contributed by atoms with van der Waals surface area (Å²) in [5, 5.41) is 5.64. The molecule has 0 aromatic heterocycles. The van der Waals surface area contributed by atoms with Gasteiger partial charge in [-0.3, -0.25) is 9.59 Å². The normalized spacial score (nSPS) is 12.1. The third kappa shape index (κ3) is 16.8. The number of benzene rings is 1. The molecule has 0 aliphatic carbocycles. The fourth-order valence-electron chi connectivity index (χ4n) is 3.53. The molecule has 8 nitrogen and oxygen atoms in total. The number of ether oxygens (including phenoxy) is 2. The van der Waals surface area contributed by atoms with Gasteiger partial charge in [-0.25, -0.2) is 4.79 Å². The number of carbonyl (C=O) groups excluding carboxylic acids is 3. The number of nitrogens with one attached hydrogen (secondary N) is 2. The van der Waals surface area contributed by atoms with Gasteiger partial charge in [-0.05, 0) is 37.7 Å². The number of likely N-dealkylation sites (N-methyl/N-ethyl adjacent to an activating group) is 1. The molecule has 1 rings (SSSR count). The van der Waals surface area contributed by atoms with Crippen molar-refractivity contribution in [2.75, 3.05) is 47.4 Å². The number of esters is 1. The minimum absolute atomic E-state index is 0.0477. The number of quaternary nitrogens is 1. The summed E-state index contributed by atoms with van der Waals surface area (Å²) in [4.78, 5) is 34.1. The van der Waals surface area contributed by atoms with Gasteiger partial charge in [0.1, 0.15) is 0 Å². The van der Waals surface area contributed by atoms with E-state index in [-0.39, 0.29) is 18.9 Å². The second-order valence-electron chi connectivity index (χ2n) is 9.33. The zero-order chi connectivity index (χ0) is 24.4. The van der Waals surface area contributed by atoms with Gasteiger partial charge >= 0.3 is 18.5 Å². The van der Waals surface area contributed by atoms with E-state index in [9.17, 15) is 14.4 Å². The second kappa shape index (κ2) is 17.1. The van der Waals surface area contributed by atoms with Crippen molar-refractivity contribution in [3.63, 3.8) is 0 Å². The van der Waals surface area contributed by atoms with E-state index >= 15 is 0 Å². The zero-order valence-electron chi connectivity index (χ0n) is 20.5. The fraction of sp³-hybridized carbons (Fsp3) is 0.640. The van der Waals surface area contributed by atoms with Gasteiger partial charge in [0.25, 0.3) is 0 Å². The molecule has 0 spiro atoms. The van der Waals surface area contributed by atoms with Crippen molar-refractivity contribution < 1.29 is 28.3 Å². The Morgan fingerprint density at radius 2 is 1.64 bits per heavy atom. The monoisotopic (exact) mass is 464 g/mol. The molecule has 0 saturated carbocycles. The van der Waals surface area contributed by atoms with Crippen LogP contribution in [-0.4, -0.2) is 76.4 Å². The molecule has 0 unspecified atom stereocenters. The third-order valence-corrected chi connectivity index (χ3v) is 5.04. The highest BCUT2D eigenvalue weighted by Gasteiger charge is 2.23. The molecule has 2 amide bonds. The molecule has 8 heteroatoms. The summed E-state index contributed by atoms with van der Waals surface area (Å²) in [6, 6.07) is 9.79. The third-order valence-electron chi connectivity index (χ3n) is 5.04. The number of hydrogen-bond acceptors (Lipinski definition) is 5. The van der Waals surface area contributed by atoms with Crippen molar-refractivity contribution >= 4 is 18.5 Å². The van der Waals surface area contributed by atoms with Crippen LogP contribution in [0.1, 0.15) is 50.5 Å². The molecule has 0 radical (unpaired) electrons. The number of carbonyl (C=O) groups is 3. The van der Waals surface area contributed by atoms with Gasteiger partial charge in [0.05, 0.1) is 40.2 Å². The zero-order valence-corrected chi connectivity index (χ0v) is 20.5. The Hall–Kier alpha value is -2.45. The van der Waals surface area contributed by atoms with Crippen molar-refractivity contribution in [3.05, 3.63) is 35.9 Å². The summed E-state index contributed by atoms with van der Waals surface area (Å²) < 4.78 is 10.6. The van der Waals surface area contributed by atoms with Gasteiger partial charge in [0.15, 0.2) is 0 Å². The van der Waals surface area contributed by atoms with Crippen LogP contribution in [0.4, 0.5) is 4.79 Å². The Bertz CT molecular complexity index is 676. The Labute approximate surface area is 198 Å². The first kappa shape index (κ1) is 28.6. The molecular formula is C25H42N3O5+. The Morgan fingerprint density at radius 3 is 2.30 bits per heavy atom. The first-order valence-electron chi connectivity index (χ1n) is 11.9. The molecule has 0 fully saturated rings. The maximum absolute atomic E-state index is 12.2. The smallest absolute Gasteiger partial charge is 0.315 e. The average Bonchev–Trinajstić information content (AvgIpc) is 2.74. The van der Waals surface area contributed by atoms with Crippen LogP contribution in [0.3, 0.4) is 0 Å². The highest BCUT2D eigenvalue weighted by atomic mass is 16.6. The molecule has 0 aliphatic rings. The number of hydrogen-bond donors (Lipinski definition) is 2. The van der Waals surface area contributed by atoms with Gasteiger partial charge in [-0.2, -0.15) is 0 Å². The Morgan fingerprint density at radius 1 is 0.970 bits per heavy atom. The minimum atomic E-state index is -0.651. The van der Waals surface area contributed by atoms with Crippen LogP contribution in [0, 0.1) is 0 Å². The Balaban J connectivity index is 2.02. The molecule has 0 heterocycles. The van der Waals surface area contributed by atoms with Gasteiger partial charge in [0.2, 0.25) is 0 Å². The average molecular weight is 465 g/mol. The van der Waals surface area contributed by atoms with Crippen LogP contribution in [0.5, 0.6) is 0 Å². The highest BCUT2D eigenvalue weighted by molar-refractivity contribution is 5.79. The van der Waals surface area contributed by atoms with Crippen LogP contribution >= 0.6 is 0 Å². The number of rotatable bonds is 18. The number of urea groups is 1. The molecule has 0 saturated heterocycles. The van der Waals surface area contributed by atoms with Crippen LogP contribution < -0.4 is 10.6 Å². The summed E-state index contributed by atoms with van der Waals surface area (Å²) in [7, 11) is 5.89. The van der Waals surface area contributed by atoms with Crippen molar-refractivity contribution in [1.82, 2.24) is 10.6 Å². The predicted octanol–water partition coefficient (Wildman–Crippen LogP) is 3.05. The molecule has 1 aromatic rings. The number of amides is 2. The summed E-state index contributed by atoms with van der Waals surface area (Å²) in [5.41, 5.74) is 1.38. The molecule has 0 bridgehead atoms. The van der Waals surface area contributed by atoms with E-state index in [1.54, 1.807) is 0 Å². The van der Waals surface area contributed by atoms with Crippen molar-refractivity contribution in [1.29, 1.82) is 0 Å². The maximum Gasteiger partial charge on any atom is 0.315 e. The van der Waals surface area contributed by atoms with Crippen LogP contribution in [0.15, 0.2) is 30.3 Å². The van der Waals surface area contributed by atoms with E-state index in [2.05, 4.69) is 39.6 Å². The minimum Gasteiger partial charge on any atom is -0.395 e. The number of nitrogens with zero attached hydrogens (tertiary/aromatic N) is 1. The van der Waals surface area contributed by atoms with E-state index < -0.39 is 12.0 Å². The summed E-state index contributed by atoms with van der Waals surface area (Å²) >= 11 is 0. The van der Waals surface area contributed by atoms with E-state index in [1.807, 2.05) is 27.2 Å². The summed E-state index contributed by atoms with van der Waals surface area (Å²) in [6.07, 6.45) is 7.27. The number of aryl methyl sites for hydroxylation is 1. The van der Waals surface area contributed by atoms with Gasteiger partial charge in [-0.15, -0.1) is 0 Å².